The molecule has 5 rings (SSSR count). The van der Waals surface area contributed by atoms with Crippen LogP contribution < -0.4 is 10.2 Å². The maximum atomic E-state index is 12.9. The number of carbonyl (C=O) groups excluding carboxylic acids is 1. The molecule has 0 radical (unpaired) electrons. The monoisotopic (exact) mass is 430 g/mol. The molecule has 1 saturated carbocycles. The summed E-state index contributed by atoms with van der Waals surface area (Å²) in [4.78, 5) is 23.9. The van der Waals surface area contributed by atoms with Gasteiger partial charge in [-0.3, -0.25) is 4.90 Å². The normalized spacial score (nSPS) is 19.5. The third kappa shape index (κ3) is 4.42. The van der Waals surface area contributed by atoms with Crippen LogP contribution in [0.2, 0.25) is 0 Å². The van der Waals surface area contributed by atoms with Crippen molar-refractivity contribution < 1.29 is 4.79 Å². The third-order valence-electron chi connectivity index (χ3n) is 7.15. The minimum absolute atomic E-state index is 0.0397. The second-order valence-electron chi connectivity index (χ2n) is 9.03. The van der Waals surface area contributed by atoms with Crippen molar-refractivity contribution in [1.82, 2.24) is 14.8 Å². The first-order valence-electron chi connectivity index (χ1n) is 11.7. The van der Waals surface area contributed by atoms with Crippen molar-refractivity contribution in [2.45, 2.75) is 38.1 Å². The summed E-state index contributed by atoms with van der Waals surface area (Å²) in [6.07, 6.45) is 7.84. The Bertz CT molecular complexity index is 1000. The summed E-state index contributed by atoms with van der Waals surface area (Å²) in [5, 5.41) is 12.0. The van der Waals surface area contributed by atoms with Gasteiger partial charge in [0.15, 0.2) is 0 Å². The Morgan fingerprint density at radius 2 is 1.78 bits per heavy atom. The lowest BCUT2D eigenvalue weighted by Gasteiger charge is -2.36. The van der Waals surface area contributed by atoms with E-state index in [0.29, 0.717) is 18.7 Å². The van der Waals surface area contributed by atoms with Crippen LogP contribution in [0.1, 0.15) is 36.0 Å². The van der Waals surface area contributed by atoms with E-state index in [9.17, 15) is 4.79 Å². The lowest BCUT2D eigenvalue weighted by Crippen LogP contribution is -2.50. The lowest BCUT2D eigenvalue weighted by molar-refractivity contribution is 0.133. The SMILES string of the molecule is N#Cc1ccc(N2CCN(C(=O)Nc3ccc4c(c3)CCN(C3CCC3)CC4)CC2)nc1. The average molecular weight is 431 g/mol. The predicted molar refractivity (Wildman–Crippen MR) is 125 cm³/mol. The van der Waals surface area contributed by atoms with E-state index in [1.54, 1.807) is 12.3 Å². The van der Waals surface area contributed by atoms with Gasteiger partial charge in [-0.25, -0.2) is 9.78 Å². The summed E-state index contributed by atoms with van der Waals surface area (Å²) in [5.41, 5.74) is 4.25. The topological polar surface area (TPSA) is 75.5 Å². The zero-order valence-corrected chi connectivity index (χ0v) is 18.5. The highest BCUT2D eigenvalue weighted by Crippen LogP contribution is 2.28. The second kappa shape index (κ2) is 9.17. The number of fused-ring (bicyclic) bond motifs is 1. The van der Waals surface area contributed by atoms with Crippen LogP contribution in [0.4, 0.5) is 16.3 Å². The molecule has 7 heteroatoms. The molecule has 1 aliphatic carbocycles. The Labute approximate surface area is 189 Å². The molecule has 1 N–H and O–H groups in total. The van der Waals surface area contributed by atoms with E-state index in [1.165, 1.54) is 30.4 Å². The van der Waals surface area contributed by atoms with Crippen LogP contribution in [-0.2, 0) is 12.8 Å². The fourth-order valence-corrected chi connectivity index (χ4v) is 4.92. The van der Waals surface area contributed by atoms with Gasteiger partial charge >= 0.3 is 6.03 Å². The van der Waals surface area contributed by atoms with Crippen LogP contribution in [0.3, 0.4) is 0 Å². The van der Waals surface area contributed by atoms with Crippen molar-refractivity contribution in [3.8, 4) is 6.07 Å². The van der Waals surface area contributed by atoms with E-state index in [0.717, 1.165) is 56.6 Å². The van der Waals surface area contributed by atoms with Crippen molar-refractivity contribution in [1.29, 1.82) is 5.26 Å². The summed E-state index contributed by atoms with van der Waals surface area (Å²) in [6.45, 7) is 5.03. The van der Waals surface area contributed by atoms with E-state index >= 15 is 0 Å². The molecule has 2 aliphatic heterocycles. The molecule has 0 unspecified atom stereocenters. The van der Waals surface area contributed by atoms with Gasteiger partial charge in [-0.15, -0.1) is 0 Å². The number of nitrogens with one attached hydrogen (secondary N) is 1. The molecular weight excluding hydrogens is 400 g/mol. The number of hydrogen-bond donors (Lipinski definition) is 1. The van der Waals surface area contributed by atoms with Crippen molar-refractivity contribution in [2.24, 2.45) is 0 Å². The molecule has 32 heavy (non-hydrogen) atoms. The van der Waals surface area contributed by atoms with Gasteiger partial charge in [0, 0.05) is 57.2 Å². The maximum absolute atomic E-state index is 12.9. The smallest absolute Gasteiger partial charge is 0.321 e. The van der Waals surface area contributed by atoms with E-state index in [1.807, 2.05) is 17.0 Å². The summed E-state index contributed by atoms with van der Waals surface area (Å²) < 4.78 is 0. The number of benzene rings is 1. The van der Waals surface area contributed by atoms with Crippen molar-refractivity contribution >= 4 is 17.5 Å². The highest BCUT2D eigenvalue weighted by Gasteiger charge is 2.27. The van der Waals surface area contributed by atoms with E-state index in [-0.39, 0.29) is 6.03 Å². The van der Waals surface area contributed by atoms with Crippen LogP contribution >= 0.6 is 0 Å². The van der Waals surface area contributed by atoms with Gasteiger partial charge in [0.2, 0.25) is 0 Å². The van der Waals surface area contributed by atoms with Crippen molar-refractivity contribution in [3.63, 3.8) is 0 Å². The molecule has 1 aromatic carbocycles. The van der Waals surface area contributed by atoms with Gasteiger partial charge in [-0.1, -0.05) is 12.5 Å². The number of aromatic nitrogens is 1. The zero-order chi connectivity index (χ0) is 21.9. The quantitative estimate of drug-likeness (QED) is 0.809. The molecule has 0 spiro atoms. The number of piperazine rings is 1. The Balaban J connectivity index is 1.15. The average Bonchev–Trinajstić information content (AvgIpc) is 3.00. The molecule has 1 saturated heterocycles. The number of nitriles is 1. The van der Waals surface area contributed by atoms with Gasteiger partial charge in [-0.2, -0.15) is 5.26 Å². The summed E-state index contributed by atoms with van der Waals surface area (Å²) in [6, 6.07) is 12.9. The van der Waals surface area contributed by atoms with Crippen LogP contribution in [0, 0.1) is 11.3 Å². The Morgan fingerprint density at radius 3 is 2.44 bits per heavy atom. The molecule has 166 valence electrons. The first kappa shape index (κ1) is 20.8. The van der Waals surface area contributed by atoms with Crippen LogP contribution in [0.5, 0.6) is 0 Å². The number of rotatable bonds is 3. The molecule has 2 aromatic rings. The number of amides is 2. The third-order valence-corrected chi connectivity index (χ3v) is 7.15. The van der Waals surface area contributed by atoms with E-state index < -0.39 is 0 Å². The molecule has 3 aliphatic rings. The number of carbonyl (C=O) groups is 1. The van der Waals surface area contributed by atoms with Crippen molar-refractivity contribution in [2.75, 3.05) is 49.5 Å². The Kier molecular flexibility index (Phi) is 5.95. The molecule has 1 aromatic heterocycles. The first-order valence-corrected chi connectivity index (χ1v) is 11.7. The fourth-order valence-electron chi connectivity index (χ4n) is 4.92. The number of urea groups is 1. The summed E-state index contributed by atoms with van der Waals surface area (Å²) in [5.74, 6) is 0.853. The molecule has 0 bridgehead atoms. The summed E-state index contributed by atoms with van der Waals surface area (Å²) >= 11 is 0. The number of nitrogens with zero attached hydrogens (tertiary/aromatic N) is 5. The lowest BCUT2D eigenvalue weighted by atomic mass is 9.91. The van der Waals surface area contributed by atoms with E-state index in [2.05, 4.69) is 38.3 Å². The Morgan fingerprint density at radius 1 is 1.00 bits per heavy atom. The van der Waals surface area contributed by atoms with E-state index in [4.69, 9.17) is 5.26 Å². The van der Waals surface area contributed by atoms with Crippen LogP contribution in [0.25, 0.3) is 0 Å². The molecule has 2 fully saturated rings. The molecular formula is C25H30N6O. The van der Waals surface area contributed by atoms with Crippen molar-refractivity contribution in [3.05, 3.63) is 53.2 Å². The highest BCUT2D eigenvalue weighted by atomic mass is 16.2. The largest absolute Gasteiger partial charge is 0.353 e. The van der Waals surface area contributed by atoms with Gasteiger partial charge in [0.1, 0.15) is 11.9 Å². The van der Waals surface area contributed by atoms with Crippen LogP contribution in [0.15, 0.2) is 36.5 Å². The van der Waals surface area contributed by atoms with Crippen LogP contribution in [-0.4, -0.2) is 66.1 Å². The first-order chi connectivity index (χ1) is 15.7. The molecule has 7 nitrogen and oxygen atoms in total. The predicted octanol–water partition coefficient (Wildman–Crippen LogP) is 3.26. The number of pyridine rings is 1. The maximum Gasteiger partial charge on any atom is 0.321 e. The Hall–Kier alpha value is -3.11. The molecule has 2 amide bonds. The van der Waals surface area contributed by atoms with Gasteiger partial charge in [0.25, 0.3) is 0 Å². The summed E-state index contributed by atoms with van der Waals surface area (Å²) in [7, 11) is 0. The van der Waals surface area contributed by atoms with Gasteiger partial charge in [-0.05, 0) is 61.1 Å². The number of hydrogen-bond acceptors (Lipinski definition) is 5. The fraction of sp³-hybridized carbons (Fsp3) is 0.480. The zero-order valence-electron chi connectivity index (χ0n) is 18.5. The highest BCUT2D eigenvalue weighted by molar-refractivity contribution is 5.89. The number of anilines is 2. The molecule has 3 heterocycles. The van der Waals surface area contributed by atoms with Gasteiger partial charge in [0.05, 0.1) is 5.56 Å². The minimum atomic E-state index is -0.0397. The molecule has 0 atom stereocenters. The standard InChI is InChI=1S/C25H30N6O/c26-17-19-4-7-24(27-18-19)30-12-14-31(15-13-30)25(32)28-22-6-5-20-8-10-29(23-2-1-3-23)11-9-21(20)16-22/h4-7,16,18,23H,1-3,8-15H2,(H,28,32). The second-order valence-corrected chi connectivity index (χ2v) is 9.03. The van der Waals surface area contributed by atoms with Gasteiger partial charge < -0.3 is 15.1 Å². The minimum Gasteiger partial charge on any atom is -0.353 e.